The Kier molecular flexibility index (Phi) is 3.50. The molecule has 0 radical (unpaired) electrons. The topological polar surface area (TPSA) is 58.6 Å². The smallest absolute Gasteiger partial charge is 0.328 e. The summed E-state index contributed by atoms with van der Waals surface area (Å²) in [6.07, 6.45) is 1.17. The van der Waals surface area contributed by atoms with Gasteiger partial charge in [-0.1, -0.05) is 0 Å². The molecular formula is C13H16N2O3. The van der Waals surface area contributed by atoms with E-state index in [9.17, 15) is 9.59 Å². The van der Waals surface area contributed by atoms with Crippen molar-refractivity contribution in [3.8, 4) is 5.75 Å². The second kappa shape index (κ2) is 5.08. The first kappa shape index (κ1) is 12.4. The number of carbonyl (C=O) groups is 2. The molecule has 1 N–H and O–H groups in total. The SMILES string of the molecule is COc1ccc(NC(=O)N2C(=O)CCC2C)cc1. The Balaban J connectivity index is 2.04. The summed E-state index contributed by atoms with van der Waals surface area (Å²) < 4.78 is 5.03. The molecule has 0 saturated carbocycles. The maximum atomic E-state index is 12.0. The van der Waals surface area contributed by atoms with Crippen LogP contribution in [0.4, 0.5) is 10.5 Å². The van der Waals surface area contributed by atoms with Gasteiger partial charge in [0.2, 0.25) is 5.91 Å². The number of imide groups is 1. The number of carbonyl (C=O) groups excluding carboxylic acids is 2. The van der Waals surface area contributed by atoms with Crippen LogP contribution in [0.3, 0.4) is 0 Å². The third kappa shape index (κ3) is 2.45. The highest BCUT2D eigenvalue weighted by Crippen LogP contribution is 2.20. The zero-order chi connectivity index (χ0) is 13.1. The molecule has 2 rings (SSSR count). The fourth-order valence-electron chi connectivity index (χ4n) is 2.00. The van der Waals surface area contributed by atoms with E-state index in [1.807, 2.05) is 6.92 Å². The standard InChI is InChI=1S/C13H16N2O3/c1-9-3-8-12(16)15(9)13(17)14-10-4-6-11(18-2)7-5-10/h4-7,9H,3,8H2,1-2H3,(H,14,17). The van der Waals surface area contributed by atoms with Gasteiger partial charge in [0.25, 0.3) is 0 Å². The molecule has 5 heteroatoms. The summed E-state index contributed by atoms with van der Waals surface area (Å²) in [6, 6.07) is 6.59. The lowest BCUT2D eigenvalue weighted by molar-refractivity contribution is -0.125. The largest absolute Gasteiger partial charge is 0.497 e. The van der Waals surface area contributed by atoms with Crippen LogP contribution in [0.2, 0.25) is 0 Å². The minimum absolute atomic E-state index is 0.0317. The first-order valence-electron chi connectivity index (χ1n) is 5.89. The summed E-state index contributed by atoms with van der Waals surface area (Å²) in [5.74, 6) is 0.604. The van der Waals surface area contributed by atoms with E-state index >= 15 is 0 Å². The number of urea groups is 1. The third-order valence-corrected chi connectivity index (χ3v) is 3.05. The summed E-state index contributed by atoms with van der Waals surface area (Å²) in [6.45, 7) is 1.87. The summed E-state index contributed by atoms with van der Waals surface area (Å²) in [5.41, 5.74) is 0.646. The molecule has 0 aromatic heterocycles. The van der Waals surface area contributed by atoms with Crippen LogP contribution in [-0.2, 0) is 4.79 Å². The summed E-state index contributed by atoms with van der Waals surface area (Å²) in [4.78, 5) is 24.8. The molecule has 1 aliphatic heterocycles. The first-order chi connectivity index (χ1) is 8.61. The average Bonchev–Trinajstić information content (AvgIpc) is 2.70. The van der Waals surface area contributed by atoms with E-state index in [0.29, 0.717) is 12.1 Å². The van der Waals surface area contributed by atoms with E-state index in [2.05, 4.69) is 5.32 Å². The Morgan fingerprint density at radius 3 is 2.56 bits per heavy atom. The van der Waals surface area contributed by atoms with E-state index in [1.54, 1.807) is 31.4 Å². The monoisotopic (exact) mass is 248 g/mol. The van der Waals surface area contributed by atoms with Gasteiger partial charge >= 0.3 is 6.03 Å². The van der Waals surface area contributed by atoms with Crippen molar-refractivity contribution in [2.45, 2.75) is 25.8 Å². The van der Waals surface area contributed by atoms with Crippen LogP contribution >= 0.6 is 0 Å². The molecule has 1 atom stereocenters. The van der Waals surface area contributed by atoms with Gasteiger partial charge in [-0.2, -0.15) is 0 Å². The molecule has 0 aliphatic carbocycles. The number of hydrogen-bond acceptors (Lipinski definition) is 3. The van der Waals surface area contributed by atoms with Gasteiger partial charge in [-0.05, 0) is 37.6 Å². The van der Waals surface area contributed by atoms with Crippen molar-refractivity contribution in [1.29, 1.82) is 0 Å². The van der Waals surface area contributed by atoms with E-state index in [0.717, 1.165) is 12.2 Å². The number of hydrogen-bond donors (Lipinski definition) is 1. The Hall–Kier alpha value is -2.04. The van der Waals surface area contributed by atoms with Crippen molar-refractivity contribution in [2.24, 2.45) is 0 Å². The number of methoxy groups -OCH3 is 1. The van der Waals surface area contributed by atoms with Crippen LogP contribution in [0.1, 0.15) is 19.8 Å². The summed E-state index contributed by atoms with van der Waals surface area (Å²) in [7, 11) is 1.58. The molecule has 1 unspecified atom stereocenters. The quantitative estimate of drug-likeness (QED) is 0.873. The molecule has 0 spiro atoms. The van der Waals surface area contributed by atoms with E-state index in [-0.39, 0.29) is 18.0 Å². The van der Waals surface area contributed by atoms with E-state index in [4.69, 9.17) is 4.74 Å². The molecule has 1 saturated heterocycles. The number of rotatable bonds is 2. The minimum Gasteiger partial charge on any atom is -0.497 e. The lowest BCUT2D eigenvalue weighted by Crippen LogP contribution is -2.40. The second-order valence-corrected chi connectivity index (χ2v) is 4.31. The molecule has 1 fully saturated rings. The maximum absolute atomic E-state index is 12.0. The van der Waals surface area contributed by atoms with Crippen LogP contribution in [0.15, 0.2) is 24.3 Å². The van der Waals surface area contributed by atoms with Gasteiger partial charge in [0.1, 0.15) is 5.75 Å². The van der Waals surface area contributed by atoms with Crippen LogP contribution in [0.25, 0.3) is 0 Å². The number of amides is 3. The number of nitrogens with zero attached hydrogens (tertiary/aromatic N) is 1. The highest BCUT2D eigenvalue weighted by atomic mass is 16.5. The zero-order valence-corrected chi connectivity index (χ0v) is 10.5. The molecule has 1 aromatic rings. The Morgan fingerprint density at radius 2 is 2.06 bits per heavy atom. The number of likely N-dealkylation sites (tertiary alicyclic amines) is 1. The zero-order valence-electron chi connectivity index (χ0n) is 10.5. The fraction of sp³-hybridized carbons (Fsp3) is 0.385. The van der Waals surface area contributed by atoms with Crippen molar-refractivity contribution in [2.75, 3.05) is 12.4 Å². The molecule has 1 aromatic carbocycles. The van der Waals surface area contributed by atoms with Crippen LogP contribution in [-0.4, -0.2) is 30.0 Å². The highest BCUT2D eigenvalue weighted by molar-refractivity contribution is 6.02. The number of anilines is 1. The highest BCUT2D eigenvalue weighted by Gasteiger charge is 2.32. The van der Waals surface area contributed by atoms with Crippen molar-refractivity contribution >= 4 is 17.6 Å². The minimum atomic E-state index is -0.366. The second-order valence-electron chi connectivity index (χ2n) is 4.31. The van der Waals surface area contributed by atoms with Gasteiger partial charge in [-0.3, -0.25) is 9.69 Å². The molecule has 1 heterocycles. The van der Waals surface area contributed by atoms with Crippen LogP contribution in [0, 0.1) is 0 Å². The Morgan fingerprint density at radius 1 is 1.39 bits per heavy atom. The third-order valence-electron chi connectivity index (χ3n) is 3.05. The molecular weight excluding hydrogens is 232 g/mol. The fourth-order valence-corrected chi connectivity index (χ4v) is 2.00. The molecule has 3 amide bonds. The summed E-state index contributed by atoms with van der Waals surface area (Å²) >= 11 is 0. The van der Waals surface area contributed by atoms with Crippen molar-refractivity contribution < 1.29 is 14.3 Å². The molecule has 1 aliphatic rings. The number of nitrogens with one attached hydrogen (secondary N) is 1. The van der Waals surface area contributed by atoms with E-state index in [1.165, 1.54) is 4.90 Å². The normalized spacial score (nSPS) is 18.9. The van der Waals surface area contributed by atoms with Crippen LogP contribution < -0.4 is 10.1 Å². The van der Waals surface area contributed by atoms with Gasteiger partial charge in [0.05, 0.1) is 7.11 Å². The predicted molar refractivity (Wildman–Crippen MR) is 67.6 cm³/mol. The molecule has 18 heavy (non-hydrogen) atoms. The lowest BCUT2D eigenvalue weighted by Gasteiger charge is -2.20. The number of ether oxygens (including phenoxy) is 1. The van der Waals surface area contributed by atoms with Crippen molar-refractivity contribution in [3.63, 3.8) is 0 Å². The lowest BCUT2D eigenvalue weighted by atomic mass is 10.2. The van der Waals surface area contributed by atoms with Crippen molar-refractivity contribution in [1.82, 2.24) is 4.90 Å². The number of benzene rings is 1. The van der Waals surface area contributed by atoms with Gasteiger partial charge in [-0.25, -0.2) is 4.79 Å². The molecule has 5 nitrogen and oxygen atoms in total. The maximum Gasteiger partial charge on any atom is 0.328 e. The predicted octanol–water partition coefficient (Wildman–Crippen LogP) is 2.24. The van der Waals surface area contributed by atoms with Crippen LogP contribution in [0.5, 0.6) is 5.75 Å². The van der Waals surface area contributed by atoms with Gasteiger partial charge in [0, 0.05) is 18.2 Å². The summed E-state index contributed by atoms with van der Waals surface area (Å²) in [5, 5.41) is 2.71. The van der Waals surface area contributed by atoms with Gasteiger partial charge in [-0.15, -0.1) is 0 Å². The molecule has 96 valence electrons. The van der Waals surface area contributed by atoms with Crippen molar-refractivity contribution in [3.05, 3.63) is 24.3 Å². The Labute approximate surface area is 106 Å². The molecule has 0 bridgehead atoms. The van der Waals surface area contributed by atoms with E-state index < -0.39 is 0 Å². The van der Waals surface area contributed by atoms with Gasteiger partial charge in [0.15, 0.2) is 0 Å². The first-order valence-corrected chi connectivity index (χ1v) is 5.89. The van der Waals surface area contributed by atoms with Gasteiger partial charge < -0.3 is 10.1 Å². The Bertz CT molecular complexity index is 456. The average molecular weight is 248 g/mol.